The van der Waals surface area contributed by atoms with Gasteiger partial charge in [0.05, 0.1) is 18.6 Å². The zero-order chi connectivity index (χ0) is 23.1. The fraction of sp³-hybridized carbons (Fsp3) is 0.167. The number of amides is 2. The summed E-state index contributed by atoms with van der Waals surface area (Å²) in [6.45, 7) is 2.44. The molecule has 0 radical (unpaired) electrons. The predicted octanol–water partition coefficient (Wildman–Crippen LogP) is 5.54. The molecule has 166 valence electrons. The number of hydrogen-bond acceptors (Lipinski definition) is 3. The van der Waals surface area contributed by atoms with E-state index in [1.54, 1.807) is 48.5 Å². The molecule has 0 saturated heterocycles. The smallest absolute Gasteiger partial charge is 0.416 e. The molecular formula is C24H21F3N2O3. The Bertz CT molecular complexity index is 1060. The van der Waals surface area contributed by atoms with Crippen LogP contribution in [0.15, 0.2) is 72.8 Å². The van der Waals surface area contributed by atoms with E-state index in [1.807, 2.05) is 6.92 Å². The highest BCUT2D eigenvalue weighted by Gasteiger charge is 2.29. The first-order chi connectivity index (χ1) is 15.2. The number of alkyl halides is 3. The van der Waals surface area contributed by atoms with Crippen molar-refractivity contribution < 1.29 is 27.5 Å². The van der Waals surface area contributed by atoms with Gasteiger partial charge in [-0.15, -0.1) is 0 Å². The molecule has 0 saturated carbocycles. The van der Waals surface area contributed by atoms with Crippen LogP contribution in [0, 0.1) is 0 Å². The highest BCUT2D eigenvalue weighted by atomic mass is 19.4. The molecular weight excluding hydrogens is 421 g/mol. The molecule has 0 heterocycles. The maximum atomic E-state index is 12.6. The van der Waals surface area contributed by atoms with Crippen molar-refractivity contribution in [3.63, 3.8) is 0 Å². The summed E-state index contributed by atoms with van der Waals surface area (Å²) in [6.07, 6.45) is -4.49. The molecule has 3 aromatic rings. The summed E-state index contributed by atoms with van der Waals surface area (Å²) in [5.74, 6) is 0.0232. The second-order valence-electron chi connectivity index (χ2n) is 6.91. The van der Waals surface area contributed by atoms with Crippen molar-refractivity contribution in [1.82, 2.24) is 0 Å². The zero-order valence-electron chi connectivity index (χ0n) is 17.2. The largest absolute Gasteiger partial charge is 0.494 e. The van der Waals surface area contributed by atoms with Gasteiger partial charge in [0, 0.05) is 16.9 Å². The first-order valence-corrected chi connectivity index (χ1v) is 9.85. The SMILES string of the molecule is CCOc1ccc(NC(=O)c2ccc(NC(=O)Cc3ccc(C(F)(F)F)cc3)cc2)cc1. The van der Waals surface area contributed by atoms with E-state index in [9.17, 15) is 22.8 Å². The summed E-state index contributed by atoms with van der Waals surface area (Å²) in [7, 11) is 0. The molecule has 0 fully saturated rings. The molecule has 32 heavy (non-hydrogen) atoms. The summed E-state index contributed by atoms with van der Waals surface area (Å²) in [5, 5.41) is 5.44. The second kappa shape index (κ2) is 10.00. The Morgan fingerprint density at radius 2 is 1.38 bits per heavy atom. The van der Waals surface area contributed by atoms with Crippen LogP contribution in [0.3, 0.4) is 0 Å². The molecule has 2 amide bonds. The summed E-state index contributed by atoms with van der Waals surface area (Å²) in [5.41, 5.74) is 1.19. The van der Waals surface area contributed by atoms with Crippen LogP contribution >= 0.6 is 0 Å². The Morgan fingerprint density at radius 1 is 0.812 bits per heavy atom. The molecule has 3 rings (SSSR count). The van der Waals surface area contributed by atoms with Crippen LogP contribution in [0.5, 0.6) is 5.75 Å². The number of carbonyl (C=O) groups is 2. The van der Waals surface area contributed by atoms with E-state index in [0.29, 0.717) is 34.9 Å². The molecule has 8 heteroatoms. The Kier molecular flexibility index (Phi) is 7.14. The number of benzene rings is 3. The van der Waals surface area contributed by atoms with E-state index in [2.05, 4.69) is 10.6 Å². The van der Waals surface area contributed by atoms with E-state index >= 15 is 0 Å². The van der Waals surface area contributed by atoms with Gasteiger partial charge in [-0.05, 0) is 73.2 Å². The highest BCUT2D eigenvalue weighted by Crippen LogP contribution is 2.29. The monoisotopic (exact) mass is 442 g/mol. The Hall–Kier alpha value is -3.81. The molecule has 5 nitrogen and oxygen atoms in total. The normalized spacial score (nSPS) is 11.0. The summed E-state index contributed by atoms with van der Waals surface area (Å²) < 4.78 is 43.2. The van der Waals surface area contributed by atoms with Gasteiger partial charge in [0.2, 0.25) is 5.91 Å². The van der Waals surface area contributed by atoms with Crippen molar-refractivity contribution in [1.29, 1.82) is 0 Å². The average Bonchev–Trinajstić information content (AvgIpc) is 2.75. The standard InChI is InChI=1S/C24H21F3N2O3/c1-2-32-21-13-11-20(12-14-21)29-23(31)17-5-9-19(10-6-17)28-22(30)15-16-3-7-18(8-4-16)24(25,26)27/h3-14H,2,15H2,1H3,(H,28,30)(H,29,31). The van der Waals surface area contributed by atoms with Crippen LogP contribution in [0.25, 0.3) is 0 Å². The molecule has 0 aliphatic carbocycles. The molecule has 3 aromatic carbocycles. The quantitative estimate of drug-likeness (QED) is 0.505. The van der Waals surface area contributed by atoms with Crippen molar-refractivity contribution in [2.45, 2.75) is 19.5 Å². The number of ether oxygens (including phenoxy) is 1. The third-order valence-electron chi connectivity index (χ3n) is 4.50. The molecule has 0 aliphatic rings. The lowest BCUT2D eigenvalue weighted by molar-refractivity contribution is -0.137. The molecule has 0 aromatic heterocycles. The third kappa shape index (κ3) is 6.34. The number of carbonyl (C=O) groups excluding carboxylic acids is 2. The summed E-state index contributed by atoms with van der Waals surface area (Å²) in [4.78, 5) is 24.6. The molecule has 0 bridgehead atoms. The first-order valence-electron chi connectivity index (χ1n) is 9.85. The van der Waals surface area contributed by atoms with Crippen molar-refractivity contribution in [3.05, 3.63) is 89.5 Å². The fourth-order valence-corrected chi connectivity index (χ4v) is 2.91. The lowest BCUT2D eigenvalue weighted by Crippen LogP contribution is -2.15. The molecule has 0 atom stereocenters. The number of anilines is 2. The van der Waals surface area contributed by atoms with Crippen LogP contribution < -0.4 is 15.4 Å². The fourth-order valence-electron chi connectivity index (χ4n) is 2.91. The average molecular weight is 442 g/mol. The summed E-state index contributed by atoms with van der Waals surface area (Å²) >= 11 is 0. The van der Waals surface area contributed by atoms with Gasteiger partial charge in [-0.2, -0.15) is 13.2 Å². The summed E-state index contributed by atoms with van der Waals surface area (Å²) in [6, 6.07) is 17.7. The molecule has 0 aliphatic heterocycles. The Balaban J connectivity index is 1.54. The zero-order valence-corrected chi connectivity index (χ0v) is 17.2. The molecule has 2 N–H and O–H groups in total. The van der Waals surface area contributed by atoms with Gasteiger partial charge in [-0.3, -0.25) is 9.59 Å². The Morgan fingerprint density at radius 3 is 1.94 bits per heavy atom. The van der Waals surface area contributed by atoms with Gasteiger partial charge >= 0.3 is 6.18 Å². The maximum Gasteiger partial charge on any atom is 0.416 e. The topological polar surface area (TPSA) is 67.4 Å². The minimum absolute atomic E-state index is 0.0713. The van der Waals surface area contributed by atoms with E-state index in [0.717, 1.165) is 12.1 Å². The molecule has 0 spiro atoms. The predicted molar refractivity (Wildman–Crippen MR) is 116 cm³/mol. The van der Waals surface area contributed by atoms with Crippen molar-refractivity contribution >= 4 is 23.2 Å². The van der Waals surface area contributed by atoms with E-state index in [-0.39, 0.29) is 18.2 Å². The number of nitrogens with one attached hydrogen (secondary N) is 2. The third-order valence-corrected chi connectivity index (χ3v) is 4.50. The van der Waals surface area contributed by atoms with Crippen molar-refractivity contribution in [3.8, 4) is 5.75 Å². The van der Waals surface area contributed by atoms with Crippen molar-refractivity contribution in [2.24, 2.45) is 0 Å². The van der Waals surface area contributed by atoms with Gasteiger partial charge in [0.1, 0.15) is 5.75 Å². The highest BCUT2D eigenvalue weighted by molar-refractivity contribution is 6.04. The van der Waals surface area contributed by atoms with Crippen LogP contribution in [-0.4, -0.2) is 18.4 Å². The second-order valence-corrected chi connectivity index (χ2v) is 6.91. The molecule has 0 unspecified atom stereocenters. The minimum Gasteiger partial charge on any atom is -0.494 e. The van der Waals surface area contributed by atoms with Gasteiger partial charge < -0.3 is 15.4 Å². The minimum atomic E-state index is -4.41. The first kappa shape index (κ1) is 22.9. The van der Waals surface area contributed by atoms with Crippen LogP contribution in [0.2, 0.25) is 0 Å². The number of halogens is 3. The van der Waals surface area contributed by atoms with Crippen molar-refractivity contribution in [2.75, 3.05) is 17.2 Å². The van der Waals surface area contributed by atoms with Gasteiger partial charge in [-0.1, -0.05) is 12.1 Å². The lowest BCUT2D eigenvalue weighted by Gasteiger charge is -2.09. The van der Waals surface area contributed by atoms with Crippen LogP contribution in [0.4, 0.5) is 24.5 Å². The Labute approximate surface area is 183 Å². The number of rotatable bonds is 7. The van der Waals surface area contributed by atoms with E-state index < -0.39 is 11.7 Å². The number of hydrogen-bond donors (Lipinski definition) is 2. The van der Waals surface area contributed by atoms with E-state index in [4.69, 9.17) is 4.74 Å². The maximum absolute atomic E-state index is 12.6. The van der Waals surface area contributed by atoms with Crippen LogP contribution in [-0.2, 0) is 17.4 Å². The van der Waals surface area contributed by atoms with Crippen LogP contribution in [0.1, 0.15) is 28.4 Å². The lowest BCUT2D eigenvalue weighted by atomic mass is 10.1. The van der Waals surface area contributed by atoms with Gasteiger partial charge in [0.25, 0.3) is 5.91 Å². The van der Waals surface area contributed by atoms with Gasteiger partial charge in [-0.25, -0.2) is 0 Å². The van der Waals surface area contributed by atoms with E-state index in [1.165, 1.54) is 12.1 Å². The van der Waals surface area contributed by atoms with Gasteiger partial charge in [0.15, 0.2) is 0 Å².